The summed E-state index contributed by atoms with van der Waals surface area (Å²) in [5, 5.41) is 12.0. The highest BCUT2D eigenvalue weighted by Gasteiger charge is 2.27. The number of hydrogen-bond donors (Lipinski definition) is 3. The molecule has 3 rings (SSSR count). The fourth-order valence-electron chi connectivity index (χ4n) is 2.63. The van der Waals surface area contributed by atoms with Gasteiger partial charge in [-0.25, -0.2) is 4.79 Å². The smallest absolute Gasteiger partial charge is 0.333 e. The van der Waals surface area contributed by atoms with E-state index < -0.39 is 23.8 Å². The number of esters is 1. The van der Waals surface area contributed by atoms with Gasteiger partial charge < -0.3 is 15.4 Å². The number of nitrogens with zero attached hydrogens (tertiary/aromatic N) is 1. The van der Waals surface area contributed by atoms with Gasteiger partial charge in [-0.2, -0.15) is 5.10 Å². The summed E-state index contributed by atoms with van der Waals surface area (Å²) in [7, 11) is 1.23. The topological polar surface area (TPSA) is 113 Å². The van der Waals surface area contributed by atoms with Gasteiger partial charge in [0.25, 0.3) is 11.8 Å². The molecule has 0 saturated carbocycles. The highest BCUT2D eigenvalue weighted by Crippen LogP contribution is 2.26. The van der Waals surface area contributed by atoms with Crippen LogP contribution in [0.4, 0.5) is 5.82 Å². The summed E-state index contributed by atoms with van der Waals surface area (Å²) in [5.41, 5.74) is 0.771. The number of rotatable bonds is 6. The number of carbonyl (C=O) groups excluding carboxylic acids is 3. The molecule has 1 aromatic heterocycles. The van der Waals surface area contributed by atoms with E-state index in [2.05, 4.69) is 36.8 Å². The lowest BCUT2D eigenvalue weighted by Crippen LogP contribution is -2.34. The molecule has 30 heavy (non-hydrogen) atoms. The van der Waals surface area contributed by atoms with Gasteiger partial charge in [-0.1, -0.05) is 54.1 Å². The standard InChI is InChI=1S/C20H16BrClN4O4/c1-30-20(29)15(11-7-3-2-4-8-11)23-19(28)16-14(21)17(26-25-16)24-18(27)12-9-5-6-10-13(12)22/h2-10,15H,1H3,(H,23,28)(H2,24,25,26,27). The van der Waals surface area contributed by atoms with Crippen molar-refractivity contribution >= 4 is 51.1 Å². The van der Waals surface area contributed by atoms with Crippen LogP contribution >= 0.6 is 27.5 Å². The molecule has 3 N–H and O–H groups in total. The third-order valence-electron chi connectivity index (χ3n) is 4.12. The van der Waals surface area contributed by atoms with E-state index in [1.807, 2.05) is 0 Å². The van der Waals surface area contributed by atoms with Crippen molar-refractivity contribution in [2.24, 2.45) is 0 Å². The molecule has 0 aliphatic carbocycles. The van der Waals surface area contributed by atoms with E-state index in [9.17, 15) is 14.4 Å². The van der Waals surface area contributed by atoms with Crippen molar-refractivity contribution < 1.29 is 19.1 Å². The lowest BCUT2D eigenvalue weighted by Gasteiger charge is -2.16. The zero-order valence-electron chi connectivity index (χ0n) is 15.6. The van der Waals surface area contributed by atoms with E-state index in [4.69, 9.17) is 16.3 Å². The van der Waals surface area contributed by atoms with Crippen LogP contribution in [0.3, 0.4) is 0 Å². The highest BCUT2D eigenvalue weighted by atomic mass is 79.9. The second-order valence-corrected chi connectivity index (χ2v) is 7.24. The first-order valence-electron chi connectivity index (χ1n) is 8.65. The molecule has 1 unspecified atom stereocenters. The predicted octanol–water partition coefficient (Wildman–Crippen LogP) is 3.72. The number of methoxy groups -OCH3 is 1. The number of halogens is 2. The molecule has 0 radical (unpaired) electrons. The lowest BCUT2D eigenvalue weighted by atomic mass is 10.1. The van der Waals surface area contributed by atoms with Gasteiger partial charge in [0.2, 0.25) is 0 Å². The summed E-state index contributed by atoms with van der Waals surface area (Å²) in [5.74, 6) is -1.59. The second-order valence-electron chi connectivity index (χ2n) is 6.04. The Morgan fingerprint density at radius 1 is 1.07 bits per heavy atom. The van der Waals surface area contributed by atoms with Gasteiger partial charge in [0, 0.05) is 0 Å². The number of H-pyrrole nitrogens is 1. The zero-order valence-corrected chi connectivity index (χ0v) is 18.0. The number of hydrogen-bond acceptors (Lipinski definition) is 5. The fraction of sp³-hybridized carbons (Fsp3) is 0.100. The first kappa shape index (κ1) is 21.5. The van der Waals surface area contributed by atoms with Crippen molar-refractivity contribution in [1.29, 1.82) is 0 Å². The van der Waals surface area contributed by atoms with Crippen LogP contribution < -0.4 is 10.6 Å². The third-order valence-corrected chi connectivity index (χ3v) is 5.23. The number of carbonyl (C=O) groups is 3. The van der Waals surface area contributed by atoms with E-state index >= 15 is 0 Å². The SMILES string of the molecule is COC(=O)C(NC(=O)c1n[nH]c(NC(=O)c2ccccc2Cl)c1Br)c1ccccc1. The minimum absolute atomic E-state index is 0.0470. The van der Waals surface area contributed by atoms with Crippen molar-refractivity contribution in [3.05, 3.63) is 80.9 Å². The molecule has 0 aliphatic heterocycles. The van der Waals surface area contributed by atoms with Crippen LogP contribution in [0.5, 0.6) is 0 Å². The largest absolute Gasteiger partial charge is 0.467 e. The monoisotopic (exact) mass is 490 g/mol. The molecule has 8 nitrogen and oxygen atoms in total. The number of ether oxygens (including phenoxy) is 1. The average Bonchev–Trinajstić information content (AvgIpc) is 3.12. The number of aromatic amines is 1. The molecule has 0 fully saturated rings. The molecular formula is C20H16BrClN4O4. The maximum absolute atomic E-state index is 12.7. The second kappa shape index (κ2) is 9.55. The van der Waals surface area contributed by atoms with Crippen LogP contribution in [0, 0.1) is 0 Å². The molecule has 3 aromatic rings. The Labute approximate surface area is 185 Å². The van der Waals surface area contributed by atoms with Crippen LogP contribution in [0.1, 0.15) is 32.5 Å². The van der Waals surface area contributed by atoms with Gasteiger partial charge in [-0.05, 0) is 33.6 Å². The van der Waals surface area contributed by atoms with E-state index in [1.165, 1.54) is 7.11 Å². The Balaban J connectivity index is 1.79. The molecule has 0 bridgehead atoms. The van der Waals surface area contributed by atoms with Crippen molar-refractivity contribution in [2.45, 2.75) is 6.04 Å². The highest BCUT2D eigenvalue weighted by molar-refractivity contribution is 9.10. The van der Waals surface area contributed by atoms with Gasteiger partial charge >= 0.3 is 5.97 Å². The van der Waals surface area contributed by atoms with E-state index in [-0.39, 0.29) is 26.6 Å². The maximum Gasteiger partial charge on any atom is 0.333 e. The van der Waals surface area contributed by atoms with Gasteiger partial charge in [-0.3, -0.25) is 14.7 Å². The summed E-state index contributed by atoms with van der Waals surface area (Å²) < 4.78 is 5.01. The first-order valence-corrected chi connectivity index (χ1v) is 9.82. The Bertz CT molecular complexity index is 1090. The van der Waals surface area contributed by atoms with Crippen LogP contribution in [-0.2, 0) is 9.53 Å². The maximum atomic E-state index is 12.7. The molecule has 0 saturated heterocycles. The van der Waals surface area contributed by atoms with Crippen LogP contribution in [0.25, 0.3) is 0 Å². The molecule has 0 aliphatic rings. The number of amides is 2. The summed E-state index contributed by atoms with van der Waals surface area (Å²) >= 11 is 9.29. The molecule has 10 heteroatoms. The lowest BCUT2D eigenvalue weighted by molar-refractivity contribution is -0.143. The van der Waals surface area contributed by atoms with Crippen molar-refractivity contribution in [3.63, 3.8) is 0 Å². The number of nitrogens with one attached hydrogen (secondary N) is 3. The Hall–Kier alpha value is -3.17. The first-order chi connectivity index (χ1) is 14.4. The molecular weight excluding hydrogens is 476 g/mol. The molecule has 1 atom stereocenters. The van der Waals surface area contributed by atoms with Gasteiger partial charge in [-0.15, -0.1) is 0 Å². The summed E-state index contributed by atoms with van der Waals surface area (Å²) in [6.45, 7) is 0. The summed E-state index contributed by atoms with van der Waals surface area (Å²) in [6, 6.07) is 14.2. The normalized spacial score (nSPS) is 11.4. The summed E-state index contributed by atoms with van der Waals surface area (Å²) in [6.07, 6.45) is 0. The Kier molecular flexibility index (Phi) is 6.86. The summed E-state index contributed by atoms with van der Waals surface area (Å²) in [4.78, 5) is 37.3. The number of anilines is 1. The van der Waals surface area contributed by atoms with E-state index in [0.29, 0.717) is 5.56 Å². The minimum atomic E-state index is -1.02. The van der Waals surface area contributed by atoms with Gasteiger partial charge in [0.15, 0.2) is 11.7 Å². The van der Waals surface area contributed by atoms with Crippen molar-refractivity contribution in [2.75, 3.05) is 12.4 Å². The number of benzene rings is 2. The zero-order chi connectivity index (χ0) is 21.7. The molecule has 2 aromatic carbocycles. The average molecular weight is 492 g/mol. The minimum Gasteiger partial charge on any atom is -0.467 e. The Morgan fingerprint density at radius 2 is 1.73 bits per heavy atom. The molecule has 0 spiro atoms. The van der Waals surface area contributed by atoms with Crippen LogP contribution in [-0.4, -0.2) is 35.1 Å². The van der Waals surface area contributed by atoms with Gasteiger partial charge in [0.1, 0.15) is 5.82 Å². The molecule has 2 amide bonds. The van der Waals surface area contributed by atoms with Gasteiger partial charge in [0.05, 0.1) is 22.2 Å². The van der Waals surface area contributed by atoms with Crippen molar-refractivity contribution in [3.8, 4) is 0 Å². The van der Waals surface area contributed by atoms with Crippen LogP contribution in [0.2, 0.25) is 5.02 Å². The van der Waals surface area contributed by atoms with E-state index in [0.717, 1.165) is 0 Å². The quantitative estimate of drug-likeness (QED) is 0.455. The van der Waals surface area contributed by atoms with Crippen molar-refractivity contribution in [1.82, 2.24) is 15.5 Å². The fourth-order valence-corrected chi connectivity index (χ4v) is 3.31. The Morgan fingerprint density at radius 3 is 2.40 bits per heavy atom. The molecule has 1 heterocycles. The van der Waals surface area contributed by atoms with Crippen LogP contribution in [0.15, 0.2) is 59.1 Å². The van der Waals surface area contributed by atoms with E-state index in [1.54, 1.807) is 54.6 Å². The molecule has 154 valence electrons. The number of aromatic nitrogens is 2. The third kappa shape index (κ3) is 4.69. The predicted molar refractivity (Wildman–Crippen MR) is 114 cm³/mol.